The Hall–Kier alpha value is -2.46. The van der Waals surface area contributed by atoms with Gasteiger partial charge in [-0.05, 0) is 91.7 Å². The van der Waals surface area contributed by atoms with E-state index in [0.29, 0.717) is 5.92 Å². The standard InChI is InChI=1S/C25H30FN3/c1-3-4-5-24(23-8-7-22(26)14-18(23)2)20-6-9-25-21(15-20)17-29(28-25)16-19-10-12-27-13-11-19/h5-9,14-15,17,19,27H,3-4,10-13,16H2,1-2H3/b24-5-. The van der Waals surface area contributed by atoms with Gasteiger partial charge in [0.25, 0.3) is 0 Å². The summed E-state index contributed by atoms with van der Waals surface area (Å²) in [6.07, 6.45) is 8.97. The van der Waals surface area contributed by atoms with Crippen molar-refractivity contribution in [3.05, 3.63) is 71.2 Å². The first-order valence-electron chi connectivity index (χ1n) is 10.8. The van der Waals surface area contributed by atoms with Crippen LogP contribution in [0.25, 0.3) is 16.5 Å². The van der Waals surface area contributed by atoms with Gasteiger partial charge in [0, 0.05) is 18.1 Å². The highest BCUT2D eigenvalue weighted by Crippen LogP contribution is 2.30. The third-order valence-corrected chi connectivity index (χ3v) is 5.88. The number of rotatable bonds is 6. The summed E-state index contributed by atoms with van der Waals surface area (Å²) in [6.45, 7) is 7.37. The number of nitrogens with one attached hydrogen (secondary N) is 1. The molecule has 0 bridgehead atoms. The van der Waals surface area contributed by atoms with Gasteiger partial charge in [-0.1, -0.05) is 31.6 Å². The molecule has 0 amide bonds. The number of nitrogens with zero attached hydrogens (tertiary/aromatic N) is 2. The summed E-state index contributed by atoms with van der Waals surface area (Å²) in [6, 6.07) is 11.6. The normalized spacial score (nSPS) is 15.9. The highest BCUT2D eigenvalue weighted by Gasteiger charge is 2.15. The summed E-state index contributed by atoms with van der Waals surface area (Å²) in [4.78, 5) is 0. The van der Waals surface area contributed by atoms with Crippen LogP contribution in [0.4, 0.5) is 4.39 Å². The zero-order valence-electron chi connectivity index (χ0n) is 17.4. The minimum atomic E-state index is -0.185. The second kappa shape index (κ2) is 8.91. The van der Waals surface area contributed by atoms with E-state index in [-0.39, 0.29) is 5.82 Å². The number of aromatic nitrogens is 2. The summed E-state index contributed by atoms with van der Waals surface area (Å²) in [5, 5.41) is 9.39. The lowest BCUT2D eigenvalue weighted by Gasteiger charge is -2.22. The predicted molar refractivity (Wildman–Crippen MR) is 118 cm³/mol. The van der Waals surface area contributed by atoms with Gasteiger partial charge in [0.2, 0.25) is 0 Å². The van der Waals surface area contributed by atoms with Crippen LogP contribution in [0.15, 0.2) is 48.7 Å². The number of fused-ring (bicyclic) bond motifs is 1. The summed E-state index contributed by atoms with van der Waals surface area (Å²) in [5.74, 6) is 0.516. The Bertz CT molecular complexity index is 1010. The van der Waals surface area contributed by atoms with E-state index >= 15 is 0 Å². The van der Waals surface area contributed by atoms with Gasteiger partial charge in [0.05, 0.1) is 5.52 Å². The maximum absolute atomic E-state index is 13.6. The van der Waals surface area contributed by atoms with E-state index in [9.17, 15) is 4.39 Å². The van der Waals surface area contributed by atoms with Gasteiger partial charge >= 0.3 is 0 Å². The number of benzene rings is 2. The Labute approximate surface area is 172 Å². The number of halogens is 1. The van der Waals surface area contributed by atoms with Gasteiger partial charge in [-0.15, -0.1) is 0 Å². The molecule has 4 rings (SSSR count). The molecule has 1 N–H and O–H groups in total. The molecule has 0 spiro atoms. The summed E-state index contributed by atoms with van der Waals surface area (Å²) < 4.78 is 15.7. The maximum atomic E-state index is 13.6. The zero-order valence-corrected chi connectivity index (χ0v) is 17.4. The van der Waals surface area contributed by atoms with E-state index in [1.807, 2.05) is 13.0 Å². The summed E-state index contributed by atoms with van der Waals surface area (Å²) >= 11 is 0. The molecule has 1 saturated heterocycles. The van der Waals surface area contributed by atoms with E-state index in [0.717, 1.165) is 49.1 Å². The van der Waals surface area contributed by atoms with Crippen molar-refractivity contribution in [2.75, 3.05) is 13.1 Å². The van der Waals surface area contributed by atoms with Crippen molar-refractivity contribution < 1.29 is 4.39 Å². The van der Waals surface area contributed by atoms with E-state index in [2.05, 4.69) is 47.4 Å². The quantitative estimate of drug-likeness (QED) is 0.583. The molecule has 0 unspecified atom stereocenters. The monoisotopic (exact) mass is 391 g/mol. The molecule has 3 nitrogen and oxygen atoms in total. The number of hydrogen-bond donors (Lipinski definition) is 1. The average Bonchev–Trinajstić information content (AvgIpc) is 3.12. The molecule has 0 atom stereocenters. The first-order chi connectivity index (χ1) is 14.1. The molecule has 1 fully saturated rings. The molecule has 3 aromatic rings. The van der Waals surface area contributed by atoms with Gasteiger partial charge in [0.1, 0.15) is 5.82 Å². The molecule has 0 aliphatic carbocycles. The van der Waals surface area contributed by atoms with Gasteiger partial charge in [0.15, 0.2) is 0 Å². The molecule has 4 heteroatoms. The Morgan fingerprint density at radius 3 is 2.79 bits per heavy atom. The molecule has 2 aromatic carbocycles. The third kappa shape index (κ3) is 4.59. The molecule has 0 radical (unpaired) electrons. The van der Waals surface area contributed by atoms with Crippen LogP contribution in [0, 0.1) is 18.7 Å². The Morgan fingerprint density at radius 2 is 2.03 bits per heavy atom. The Balaban J connectivity index is 1.66. The average molecular weight is 392 g/mol. The van der Waals surface area contributed by atoms with Crippen LogP contribution in [-0.4, -0.2) is 22.9 Å². The van der Waals surface area contributed by atoms with Crippen molar-refractivity contribution in [2.24, 2.45) is 5.92 Å². The predicted octanol–water partition coefficient (Wildman–Crippen LogP) is 5.72. The van der Waals surface area contributed by atoms with Crippen LogP contribution in [0.1, 0.15) is 49.3 Å². The van der Waals surface area contributed by atoms with Crippen LogP contribution < -0.4 is 5.32 Å². The van der Waals surface area contributed by atoms with Crippen LogP contribution in [-0.2, 0) is 6.54 Å². The smallest absolute Gasteiger partial charge is 0.123 e. The molecular formula is C25H30FN3. The van der Waals surface area contributed by atoms with E-state index < -0.39 is 0 Å². The van der Waals surface area contributed by atoms with Crippen molar-refractivity contribution in [1.82, 2.24) is 15.1 Å². The fourth-order valence-corrected chi connectivity index (χ4v) is 4.27. The van der Waals surface area contributed by atoms with Gasteiger partial charge < -0.3 is 5.32 Å². The summed E-state index contributed by atoms with van der Waals surface area (Å²) in [5.41, 5.74) is 5.45. The van der Waals surface area contributed by atoms with E-state index in [1.54, 1.807) is 12.1 Å². The maximum Gasteiger partial charge on any atom is 0.123 e. The van der Waals surface area contributed by atoms with Crippen molar-refractivity contribution >= 4 is 16.5 Å². The number of allylic oxidation sites excluding steroid dienone is 1. The number of aryl methyl sites for hydroxylation is 1. The van der Waals surface area contributed by atoms with Gasteiger partial charge in [-0.2, -0.15) is 5.10 Å². The molecule has 0 saturated carbocycles. The topological polar surface area (TPSA) is 29.9 Å². The first-order valence-corrected chi connectivity index (χ1v) is 10.8. The largest absolute Gasteiger partial charge is 0.317 e. The molecule has 1 aliphatic rings. The van der Waals surface area contributed by atoms with Crippen LogP contribution in [0.2, 0.25) is 0 Å². The van der Waals surface area contributed by atoms with Crippen LogP contribution in [0.5, 0.6) is 0 Å². The molecule has 1 aliphatic heterocycles. The van der Waals surface area contributed by atoms with E-state index in [4.69, 9.17) is 5.10 Å². The molecule has 29 heavy (non-hydrogen) atoms. The summed E-state index contributed by atoms with van der Waals surface area (Å²) in [7, 11) is 0. The van der Waals surface area contributed by atoms with Crippen molar-refractivity contribution in [2.45, 2.75) is 46.1 Å². The highest BCUT2D eigenvalue weighted by atomic mass is 19.1. The van der Waals surface area contributed by atoms with Gasteiger partial charge in [-0.3, -0.25) is 4.68 Å². The van der Waals surface area contributed by atoms with Crippen molar-refractivity contribution in [3.63, 3.8) is 0 Å². The van der Waals surface area contributed by atoms with Crippen LogP contribution >= 0.6 is 0 Å². The Kier molecular flexibility index (Phi) is 6.10. The number of hydrogen-bond acceptors (Lipinski definition) is 2. The zero-order chi connectivity index (χ0) is 20.2. The third-order valence-electron chi connectivity index (χ3n) is 5.88. The second-order valence-electron chi connectivity index (χ2n) is 8.18. The van der Waals surface area contributed by atoms with Crippen molar-refractivity contribution in [1.29, 1.82) is 0 Å². The number of piperidine rings is 1. The lowest BCUT2D eigenvalue weighted by atomic mass is 9.92. The molecule has 152 valence electrons. The minimum absolute atomic E-state index is 0.185. The fraction of sp³-hybridized carbons (Fsp3) is 0.400. The lowest BCUT2D eigenvalue weighted by Crippen LogP contribution is -2.29. The van der Waals surface area contributed by atoms with Crippen LogP contribution in [0.3, 0.4) is 0 Å². The lowest BCUT2D eigenvalue weighted by molar-refractivity contribution is 0.322. The first kappa shape index (κ1) is 19.8. The molecule has 2 heterocycles. The Morgan fingerprint density at radius 1 is 1.21 bits per heavy atom. The molecular weight excluding hydrogens is 361 g/mol. The second-order valence-corrected chi connectivity index (χ2v) is 8.18. The van der Waals surface area contributed by atoms with E-state index in [1.165, 1.54) is 29.4 Å². The fourth-order valence-electron chi connectivity index (χ4n) is 4.27. The SMILES string of the molecule is CCC/C=C(/c1ccc2nn(CC3CCNCC3)cc2c1)c1ccc(F)cc1C. The molecule has 1 aromatic heterocycles. The van der Waals surface area contributed by atoms with Crippen molar-refractivity contribution in [3.8, 4) is 0 Å². The minimum Gasteiger partial charge on any atom is -0.317 e. The highest BCUT2D eigenvalue weighted by molar-refractivity contribution is 5.88. The number of unbranched alkanes of at least 4 members (excludes halogenated alkanes) is 1. The van der Waals surface area contributed by atoms with Gasteiger partial charge in [-0.25, -0.2) is 4.39 Å².